The summed E-state index contributed by atoms with van der Waals surface area (Å²) >= 11 is 5.68. The second-order valence-corrected chi connectivity index (χ2v) is 7.48. The SMILES string of the molecule is COCCOC(=O)C1=C(C)N(c2ccc(C)cc2)C(=S)N[C@@H]1c1cccc(C)c1. The predicted molar refractivity (Wildman–Crippen MR) is 119 cm³/mol. The van der Waals surface area contributed by atoms with Crippen LogP contribution in [0.5, 0.6) is 0 Å². The van der Waals surface area contributed by atoms with Gasteiger partial charge in [-0.25, -0.2) is 4.79 Å². The molecule has 5 nitrogen and oxygen atoms in total. The fourth-order valence-corrected chi connectivity index (χ4v) is 3.77. The van der Waals surface area contributed by atoms with Crippen molar-refractivity contribution in [3.8, 4) is 0 Å². The third kappa shape index (κ3) is 4.66. The molecular weight excluding hydrogens is 384 g/mol. The number of carbonyl (C=O) groups is 1. The van der Waals surface area contributed by atoms with Crippen LogP contribution in [0.1, 0.15) is 29.7 Å². The number of nitrogens with zero attached hydrogens (tertiary/aromatic N) is 1. The van der Waals surface area contributed by atoms with Gasteiger partial charge in [-0.3, -0.25) is 4.90 Å². The minimum atomic E-state index is -0.377. The summed E-state index contributed by atoms with van der Waals surface area (Å²) in [5, 5.41) is 3.89. The fraction of sp³-hybridized carbons (Fsp3) is 0.304. The van der Waals surface area contributed by atoms with E-state index in [0.29, 0.717) is 17.3 Å². The van der Waals surface area contributed by atoms with Gasteiger partial charge in [-0.1, -0.05) is 47.5 Å². The van der Waals surface area contributed by atoms with Crippen LogP contribution in [0.15, 0.2) is 59.8 Å². The molecule has 0 aliphatic carbocycles. The molecule has 0 spiro atoms. The highest BCUT2D eigenvalue weighted by Crippen LogP contribution is 2.34. The van der Waals surface area contributed by atoms with Crippen molar-refractivity contribution in [3.05, 3.63) is 76.5 Å². The Balaban J connectivity index is 2.06. The molecule has 1 aliphatic heterocycles. The Kier molecular flexibility index (Phi) is 6.67. The number of benzene rings is 2. The van der Waals surface area contributed by atoms with Crippen LogP contribution in [-0.4, -0.2) is 31.4 Å². The van der Waals surface area contributed by atoms with Crippen LogP contribution in [0.4, 0.5) is 5.69 Å². The Morgan fingerprint density at radius 1 is 1.07 bits per heavy atom. The van der Waals surface area contributed by atoms with Crippen molar-refractivity contribution in [1.82, 2.24) is 5.32 Å². The van der Waals surface area contributed by atoms with Crippen molar-refractivity contribution in [2.45, 2.75) is 26.8 Å². The van der Waals surface area contributed by atoms with Gasteiger partial charge in [0.1, 0.15) is 6.61 Å². The Bertz CT molecular complexity index is 937. The number of anilines is 1. The molecule has 0 unspecified atom stereocenters. The number of esters is 1. The van der Waals surface area contributed by atoms with Gasteiger partial charge in [-0.05, 0) is 50.7 Å². The molecule has 29 heavy (non-hydrogen) atoms. The number of hydrogen-bond acceptors (Lipinski definition) is 4. The molecule has 0 fully saturated rings. The summed E-state index contributed by atoms with van der Waals surface area (Å²) in [5.74, 6) is -0.377. The zero-order chi connectivity index (χ0) is 21.0. The molecule has 3 rings (SSSR count). The van der Waals surface area contributed by atoms with E-state index in [1.807, 2.05) is 68.1 Å². The van der Waals surface area contributed by atoms with Crippen LogP contribution in [0.2, 0.25) is 0 Å². The molecule has 0 bridgehead atoms. The first kappa shape index (κ1) is 21.0. The average molecular weight is 411 g/mol. The lowest BCUT2D eigenvalue weighted by Gasteiger charge is -2.37. The van der Waals surface area contributed by atoms with Crippen LogP contribution in [-0.2, 0) is 14.3 Å². The van der Waals surface area contributed by atoms with Crippen molar-refractivity contribution in [2.75, 3.05) is 25.2 Å². The van der Waals surface area contributed by atoms with E-state index in [1.165, 1.54) is 0 Å². The summed E-state index contributed by atoms with van der Waals surface area (Å²) in [7, 11) is 1.58. The van der Waals surface area contributed by atoms with Crippen molar-refractivity contribution in [1.29, 1.82) is 0 Å². The smallest absolute Gasteiger partial charge is 0.338 e. The van der Waals surface area contributed by atoms with Gasteiger partial charge in [0.2, 0.25) is 0 Å². The summed E-state index contributed by atoms with van der Waals surface area (Å²) in [6.07, 6.45) is 0. The van der Waals surface area contributed by atoms with E-state index in [-0.39, 0.29) is 18.6 Å². The summed E-state index contributed by atoms with van der Waals surface area (Å²) < 4.78 is 10.5. The van der Waals surface area contributed by atoms with E-state index >= 15 is 0 Å². The van der Waals surface area contributed by atoms with Crippen molar-refractivity contribution in [3.63, 3.8) is 0 Å². The molecule has 152 valence electrons. The van der Waals surface area contributed by atoms with Crippen molar-refractivity contribution >= 4 is 29.0 Å². The van der Waals surface area contributed by atoms with Gasteiger partial charge < -0.3 is 14.8 Å². The second kappa shape index (κ2) is 9.20. The molecule has 1 aliphatic rings. The maximum atomic E-state index is 13.0. The number of aryl methyl sites for hydroxylation is 2. The number of thiocarbonyl (C=S) groups is 1. The molecule has 0 radical (unpaired) electrons. The molecule has 0 saturated heterocycles. The highest BCUT2D eigenvalue weighted by atomic mass is 32.1. The van der Waals surface area contributed by atoms with Crippen LogP contribution in [0.3, 0.4) is 0 Å². The van der Waals surface area contributed by atoms with Gasteiger partial charge in [0.05, 0.1) is 18.2 Å². The van der Waals surface area contributed by atoms with Gasteiger partial charge in [0, 0.05) is 18.5 Å². The zero-order valence-electron chi connectivity index (χ0n) is 17.2. The summed E-state index contributed by atoms with van der Waals surface area (Å²) in [4.78, 5) is 14.9. The van der Waals surface area contributed by atoms with Gasteiger partial charge >= 0.3 is 5.97 Å². The van der Waals surface area contributed by atoms with Gasteiger partial charge in [-0.15, -0.1) is 0 Å². The number of methoxy groups -OCH3 is 1. The lowest BCUT2D eigenvalue weighted by atomic mass is 9.94. The Morgan fingerprint density at radius 3 is 2.45 bits per heavy atom. The van der Waals surface area contributed by atoms with E-state index < -0.39 is 0 Å². The first-order chi connectivity index (χ1) is 13.9. The number of ether oxygens (including phenoxy) is 2. The molecule has 0 saturated carbocycles. The number of allylic oxidation sites excluding steroid dienone is 1. The molecule has 1 atom stereocenters. The van der Waals surface area contributed by atoms with Gasteiger partial charge in [0.25, 0.3) is 0 Å². The normalized spacial score (nSPS) is 16.6. The highest BCUT2D eigenvalue weighted by Gasteiger charge is 2.35. The molecule has 1 heterocycles. The Morgan fingerprint density at radius 2 is 1.79 bits per heavy atom. The minimum absolute atomic E-state index is 0.196. The summed E-state index contributed by atoms with van der Waals surface area (Å²) in [6.45, 7) is 6.51. The third-order valence-corrected chi connectivity index (χ3v) is 5.19. The second-order valence-electron chi connectivity index (χ2n) is 7.10. The lowest BCUT2D eigenvalue weighted by molar-refractivity contribution is -0.140. The zero-order valence-corrected chi connectivity index (χ0v) is 18.0. The number of hydrogen-bond donors (Lipinski definition) is 1. The standard InChI is InChI=1S/C23H26N2O3S/c1-15-8-10-19(11-9-15)25-17(3)20(22(26)28-13-12-27-4)21(24-23(25)29)18-7-5-6-16(2)14-18/h5-11,14,21H,12-13H2,1-4H3,(H,24,29)/t21-/m1/s1. The largest absolute Gasteiger partial charge is 0.460 e. The number of nitrogens with one attached hydrogen (secondary N) is 1. The van der Waals surface area contributed by atoms with E-state index in [2.05, 4.69) is 11.4 Å². The van der Waals surface area contributed by atoms with E-state index in [0.717, 1.165) is 28.1 Å². The van der Waals surface area contributed by atoms with Crippen LogP contribution < -0.4 is 10.2 Å². The van der Waals surface area contributed by atoms with E-state index in [1.54, 1.807) is 7.11 Å². The Labute approximate surface area is 177 Å². The first-order valence-electron chi connectivity index (χ1n) is 9.53. The lowest BCUT2D eigenvalue weighted by Crippen LogP contribution is -2.48. The highest BCUT2D eigenvalue weighted by molar-refractivity contribution is 7.80. The van der Waals surface area contributed by atoms with E-state index in [4.69, 9.17) is 21.7 Å². The Hall–Kier alpha value is -2.70. The number of rotatable bonds is 6. The molecule has 2 aromatic carbocycles. The van der Waals surface area contributed by atoms with Gasteiger partial charge in [-0.2, -0.15) is 0 Å². The summed E-state index contributed by atoms with van der Waals surface area (Å²) in [5.41, 5.74) is 5.43. The molecule has 2 aromatic rings. The quantitative estimate of drug-likeness (QED) is 0.438. The fourth-order valence-electron chi connectivity index (χ4n) is 3.41. The first-order valence-corrected chi connectivity index (χ1v) is 9.94. The van der Waals surface area contributed by atoms with Crippen molar-refractivity contribution < 1.29 is 14.3 Å². The van der Waals surface area contributed by atoms with Crippen LogP contribution in [0.25, 0.3) is 0 Å². The summed E-state index contributed by atoms with van der Waals surface area (Å²) in [6, 6.07) is 15.7. The molecule has 1 N–H and O–H groups in total. The maximum absolute atomic E-state index is 13.0. The molecule has 0 aromatic heterocycles. The van der Waals surface area contributed by atoms with Crippen LogP contribution >= 0.6 is 12.2 Å². The van der Waals surface area contributed by atoms with E-state index in [9.17, 15) is 4.79 Å². The molecular formula is C23H26N2O3S. The molecule has 6 heteroatoms. The van der Waals surface area contributed by atoms with Gasteiger partial charge in [0.15, 0.2) is 5.11 Å². The third-order valence-electron chi connectivity index (χ3n) is 4.89. The molecule has 0 amide bonds. The maximum Gasteiger partial charge on any atom is 0.338 e. The number of carbonyl (C=O) groups excluding carboxylic acids is 1. The van der Waals surface area contributed by atoms with Crippen molar-refractivity contribution in [2.24, 2.45) is 0 Å². The van der Waals surface area contributed by atoms with Crippen LogP contribution in [0, 0.1) is 13.8 Å². The minimum Gasteiger partial charge on any atom is -0.460 e. The topological polar surface area (TPSA) is 50.8 Å². The average Bonchev–Trinajstić information content (AvgIpc) is 2.69. The predicted octanol–water partition coefficient (Wildman–Crippen LogP) is 4.20. The monoisotopic (exact) mass is 410 g/mol.